The molecule has 0 spiro atoms. The van der Waals surface area contributed by atoms with Crippen molar-refractivity contribution in [3.63, 3.8) is 0 Å². The van der Waals surface area contributed by atoms with E-state index in [9.17, 15) is 0 Å². The maximum Gasteiger partial charge on any atom is 0.236 e. The molecule has 0 saturated heterocycles. The fourth-order valence-electron chi connectivity index (χ4n) is 10.2. The summed E-state index contributed by atoms with van der Waals surface area (Å²) in [6.07, 6.45) is 0. The molecule has 4 nitrogen and oxygen atoms in total. The minimum Gasteiger partial charge on any atom is -0.308 e. The van der Waals surface area contributed by atoms with Gasteiger partial charge in [0.05, 0.1) is 33.4 Å². The molecule has 0 N–H and O–H groups in total. The highest BCUT2D eigenvalue weighted by Crippen LogP contribution is 2.50. The van der Waals surface area contributed by atoms with Crippen LogP contribution < -0.4 is 0 Å². The predicted octanol–water partition coefficient (Wildman–Crippen LogP) is 14.7. The molecule has 272 valence electrons. The van der Waals surface area contributed by atoms with Crippen molar-refractivity contribution in [2.45, 2.75) is 0 Å². The van der Waals surface area contributed by atoms with Crippen molar-refractivity contribution in [2.24, 2.45) is 0 Å². The molecule has 14 rings (SSSR count). The Balaban J connectivity index is 1.11. The molecule has 4 aromatic heterocycles. The Kier molecular flexibility index (Phi) is 6.14. The van der Waals surface area contributed by atoms with E-state index < -0.39 is 0 Å². The maximum absolute atomic E-state index is 5.59. The van der Waals surface area contributed by atoms with Crippen molar-refractivity contribution in [1.29, 1.82) is 0 Å². The number of benzene rings is 9. The van der Waals surface area contributed by atoms with Gasteiger partial charge in [0, 0.05) is 48.0 Å². The zero-order chi connectivity index (χ0) is 38.3. The summed E-state index contributed by atoms with van der Waals surface area (Å²) in [5.41, 5.74) is 12.9. The van der Waals surface area contributed by atoms with Crippen LogP contribution in [0.4, 0.5) is 0 Å². The van der Waals surface area contributed by atoms with Gasteiger partial charge in [0.25, 0.3) is 0 Å². The third-order valence-electron chi connectivity index (χ3n) is 12.7. The van der Waals surface area contributed by atoms with Crippen LogP contribution in [0.3, 0.4) is 0 Å². The van der Waals surface area contributed by atoms with Gasteiger partial charge in [0.1, 0.15) is 4.83 Å². The second-order valence-electron chi connectivity index (χ2n) is 15.7. The fraction of sp³-hybridized carbons (Fsp3) is 0. The minimum atomic E-state index is 0.670. The first-order valence-corrected chi connectivity index (χ1v) is 20.9. The number of aromatic nitrogens is 4. The number of hydrogen-bond acceptors (Lipinski definition) is 3. The van der Waals surface area contributed by atoms with Gasteiger partial charge in [-0.2, -0.15) is 0 Å². The monoisotopic (exact) mass is 766 g/mol. The van der Waals surface area contributed by atoms with E-state index in [4.69, 9.17) is 9.97 Å². The topological polar surface area (TPSA) is 35.6 Å². The zero-order valence-electron chi connectivity index (χ0n) is 31.5. The summed E-state index contributed by atoms with van der Waals surface area (Å²) >= 11 is 1.74. The first-order chi connectivity index (χ1) is 29.3. The van der Waals surface area contributed by atoms with E-state index in [1.165, 1.54) is 92.2 Å². The Bertz CT molecular complexity index is 3950. The van der Waals surface area contributed by atoms with Gasteiger partial charge in [-0.25, -0.2) is 9.97 Å². The number of para-hydroxylation sites is 2. The lowest BCUT2D eigenvalue weighted by molar-refractivity contribution is 1.02. The first-order valence-electron chi connectivity index (χ1n) is 20.1. The van der Waals surface area contributed by atoms with Gasteiger partial charge in [-0.3, -0.25) is 4.57 Å². The van der Waals surface area contributed by atoms with Gasteiger partial charge in [0.2, 0.25) is 5.95 Å². The lowest BCUT2D eigenvalue weighted by Crippen LogP contribution is -2.02. The summed E-state index contributed by atoms with van der Waals surface area (Å²) in [4.78, 5) is 12.0. The van der Waals surface area contributed by atoms with E-state index in [-0.39, 0.29) is 0 Å². The summed E-state index contributed by atoms with van der Waals surface area (Å²) < 4.78 is 6.02. The Hall–Kier alpha value is -7.60. The van der Waals surface area contributed by atoms with Gasteiger partial charge in [0.15, 0.2) is 0 Å². The van der Waals surface area contributed by atoms with Crippen molar-refractivity contribution >= 4 is 96.8 Å². The molecule has 1 aliphatic rings. The molecule has 5 heteroatoms. The molecule has 0 unspecified atom stereocenters. The predicted molar refractivity (Wildman–Crippen MR) is 248 cm³/mol. The molecule has 59 heavy (non-hydrogen) atoms. The van der Waals surface area contributed by atoms with E-state index in [1.807, 2.05) is 0 Å². The maximum atomic E-state index is 5.59. The van der Waals surface area contributed by atoms with Gasteiger partial charge < -0.3 is 4.57 Å². The van der Waals surface area contributed by atoms with Crippen molar-refractivity contribution < 1.29 is 0 Å². The van der Waals surface area contributed by atoms with Crippen LogP contribution >= 0.6 is 11.3 Å². The number of fused-ring (bicyclic) bond motifs is 14. The van der Waals surface area contributed by atoms with Crippen molar-refractivity contribution in [3.8, 4) is 45.1 Å². The van der Waals surface area contributed by atoms with E-state index in [1.54, 1.807) is 11.3 Å². The summed E-state index contributed by atoms with van der Waals surface area (Å²) in [6, 6.07) is 66.4. The molecule has 4 heterocycles. The molecule has 0 bridgehead atoms. The smallest absolute Gasteiger partial charge is 0.236 e. The molecule has 1 aliphatic carbocycles. The summed E-state index contributed by atoms with van der Waals surface area (Å²) in [6.45, 7) is 0. The van der Waals surface area contributed by atoms with Crippen LogP contribution in [0.15, 0.2) is 182 Å². The van der Waals surface area contributed by atoms with Gasteiger partial charge in [-0.15, -0.1) is 11.3 Å². The average Bonchev–Trinajstić information content (AvgIpc) is 4.03. The average molecular weight is 767 g/mol. The third-order valence-corrected chi connectivity index (χ3v) is 13.8. The summed E-state index contributed by atoms with van der Waals surface area (Å²) in [5, 5.41) is 12.1. The van der Waals surface area contributed by atoms with Crippen LogP contribution in [-0.2, 0) is 0 Å². The second kappa shape index (κ2) is 11.5. The Labute approximate surface area is 341 Å². The van der Waals surface area contributed by atoms with Crippen LogP contribution in [0.2, 0.25) is 0 Å². The summed E-state index contributed by atoms with van der Waals surface area (Å²) in [5.74, 6) is 0.670. The number of rotatable bonds is 3. The van der Waals surface area contributed by atoms with Crippen molar-refractivity contribution in [2.75, 3.05) is 0 Å². The van der Waals surface area contributed by atoms with Crippen molar-refractivity contribution in [1.82, 2.24) is 19.1 Å². The standard InChI is InChI=1S/C54H30N4S/c1-2-13-32-30-33(25-24-31(32)12-1)51-50-42-18-7-10-23-47(42)59-53(50)56-54(55-51)58-44-22-9-6-17-41(44)49-46(58)29-27-39-36-16-5-8-21-43(36)57(52(39)49)45-28-26-38-35-15-4-3-14-34(35)37-19-11-20-40(45)48(37)38/h1-30H. The highest BCUT2D eigenvalue weighted by atomic mass is 32.1. The normalized spacial score (nSPS) is 12.4. The number of nitrogens with zero attached hydrogens (tertiary/aromatic N) is 4. The van der Waals surface area contributed by atoms with Crippen molar-refractivity contribution in [3.05, 3.63) is 182 Å². The van der Waals surface area contributed by atoms with E-state index in [0.29, 0.717) is 5.95 Å². The van der Waals surface area contributed by atoms with Crippen LogP contribution in [0.1, 0.15) is 0 Å². The Morgan fingerprint density at radius 3 is 1.93 bits per heavy atom. The minimum absolute atomic E-state index is 0.670. The van der Waals surface area contributed by atoms with Gasteiger partial charge in [-0.05, 0) is 74.8 Å². The van der Waals surface area contributed by atoms with E-state index in [2.05, 4.69) is 191 Å². The second-order valence-corrected chi connectivity index (χ2v) is 16.7. The molecule has 0 aliphatic heterocycles. The molecule has 0 saturated carbocycles. The lowest BCUT2D eigenvalue weighted by atomic mass is 10.0. The zero-order valence-corrected chi connectivity index (χ0v) is 32.3. The number of hydrogen-bond donors (Lipinski definition) is 0. The summed E-state index contributed by atoms with van der Waals surface area (Å²) in [7, 11) is 0. The Morgan fingerprint density at radius 1 is 0.390 bits per heavy atom. The lowest BCUT2D eigenvalue weighted by Gasteiger charge is -2.14. The van der Waals surface area contributed by atoms with Gasteiger partial charge in [-0.1, -0.05) is 146 Å². The molecule has 13 aromatic rings. The Morgan fingerprint density at radius 2 is 1.07 bits per heavy atom. The fourth-order valence-corrected chi connectivity index (χ4v) is 11.3. The van der Waals surface area contributed by atoms with Crippen LogP contribution in [0, 0.1) is 0 Å². The van der Waals surface area contributed by atoms with Crippen LogP contribution in [-0.4, -0.2) is 19.1 Å². The molecule has 0 amide bonds. The first kappa shape index (κ1) is 31.5. The molecular formula is C54H30N4S. The molecule has 9 aromatic carbocycles. The molecule has 0 fully saturated rings. The van der Waals surface area contributed by atoms with Crippen LogP contribution in [0.5, 0.6) is 0 Å². The highest BCUT2D eigenvalue weighted by Gasteiger charge is 2.27. The highest BCUT2D eigenvalue weighted by molar-refractivity contribution is 7.25. The quantitative estimate of drug-likeness (QED) is 0.180. The third kappa shape index (κ3) is 4.16. The SMILES string of the molecule is c1ccc2c(c1)-c1cccc3c(-n4c5ccccc5c5ccc6c(c7ccccc7n6-c6nc(-c7ccc8ccccc8c7)c7c(n6)sc6ccccc67)c54)ccc-2c13. The molecular weight excluding hydrogens is 737 g/mol. The number of thiophene rings is 1. The molecule has 0 radical (unpaired) electrons. The largest absolute Gasteiger partial charge is 0.308 e. The van der Waals surface area contributed by atoms with Crippen LogP contribution in [0.25, 0.3) is 131 Å². The van der Waals surface area contributed by atoms with Gasteiger partial charge >= 0.3 is 0 Å². The van der Waals surface area contributed by atoms with E-state index in [0.717, 1.165) is 32.5 Å². The molecule has 0 atom stereocenters. The van der Waals surface area contributed by atoms with E-state index >= 15 is 0 Å².